The molecule has 1 aromatic heterocycles. The normalized spacial score (nSPS) is 16.4. The topological polar surface area (TPSA) is 55.0 Å². The van der Waals surface area contributed by atoms with Crippen LogP contribution in [0.5, 0.6) is 0 Å². The van der Waals surface area contributed by atoms with Gasteiger partial charge in [0.2, 0.25) is 5.95 Å². The van der Waals surface area contributed by atoms with Crippen LogP contribution in [-0.4, -0.2) is 29.1 Å². The maximum Gasteiger partial charge on any atom is 0.226 e. The molecule has 0 aromatic carbocycles. The lowest BCUT2D eigenvalue weighted by Gasteiger charge is -2.35. The van der Waals surface area contributed by atoms with Crippen molar-refractivity contribution in [3.8, 4) is 0 Å². The Morgan fingerprint density at radius 3 is 2.57 bits per heavy atom. The molecule has 2 rings (SSSR count). The Bertz CT molecular complexity index is 438. The highest BCUT2D eigenvalue weighted by molar-refractivity contribution is 5.35. The number of anilines is 1. The molecule has 4 heteroatoms. The van der Waals surface area contributed by atoms with E-state index in [-0.39, 0.29) is 0 Å². The summed E-state index contributed by atoms with van der Waals surface area (Å²) in [4.78, 5) is 12.0. The lowest BCUT2D eigenvalue weighted by molar-refractivity contribution is 0.408. The van der Waals surface area contributed by atoms with Crippen LogP contribution in [0.25, 0.3) is 0 Å². The minimum atomic E-state index is 0.438. The lowest BCUT2D eigenvalue weighted by Crippen LogP contribution is -2.39. The molecule has 1 saturated carbocycles. The van der Waals surface area contributed by atoms with Gasteiger partial charge in [0, 0.05) is 24.0 Å². The fourth-order valence-corrected chi connectivity index (χ4v) is 3.10. The molecule has 0 saturated heterocycles. The zero-order chi connectivity index (χ0) is 15.2. The highest BCUT2D eigenvalue weighted by Gasteiger charge is 2.23. The van der Waals surface area contributed by atoms with Crippen molar-refractivity contribution in [3.63, 3.8) is 0 Å². The van der Waals surface area contributed by atoms with Crippen LogP contribution in [0.4, 0.5) is 5.95 Å². The quantitative estimate of drug-likeness (QED) is 0.872. The third-order valence-corrected chi connectivity index (χ3v) is 4.33. The van der Waals surface area contributed by atoms with E-state index in [1.807, 2.05) is 0 Å². The number of nitrogens with two attached hydrogens (primary N) is 1. The van der Waals surface area contributed by atoms with Crippen molar-refractivity contribution in [2.45, 2.75) is 71.3 Å². The fourth-order valence-electron chi connectivity index (χ4n) is 3.10. The fraction of sp³-hybridized carbons (Fsp3) is 0.765. The van der Waals surface area contributed by atoms with Crippen molar-refractivity contribution in [2.24, 2.45) is 5.73 Å². The number of hydrogen-bond acceptors (Lipinski definition) is 4. The van der Waals surface area contributed by atoms with Gasteiger partial charge in [-0.1, -0.05) is 33.1 Å². The molecular weight excluding hydrogens is 260 g/mol. The van der Waals surface area contributed by atoms with Crippen LogP contribution in [-0.2, 0) is 0 Å². The van der Waals surface area contributed by atoms with E-state index >= 15 is 0 Å². The van der Waals surface area contributed by atoms with E-state index in [4.69, 9.17) is 15.7 Å². The molecule has 0 aliphatic heterocycles. The third kappa shape index (κ3) is 4.40. The summed E-state index contributed by atoms with van der Waals surface area (Å²) in [5, 5.41) is 0. The molecule has 0 spiro atoms. The van der Waals surface area contributed by atoms with Gasteiger partial charge in [0.15, 0.2) is 0 Å². The second kappa shape index (κ2) is 7.74. The van der Waals surface area contributed by atoms with Crippen LogP contribution in [0.1, 0.15) is 69.7 Å². The van der Waals surface area contributed by atoms with Gasteiger partial charge in [-0.05, 0) is 44.7 Å². The van der Waals surface area contributed by atoms with Gasteiger partial charge in [-0.2, -0.15) is 0 Å². The van der Waals surface area contributed by atoms with Crippen LogP contribution in [0, 0.1) is 6.92 Å². The monoisotopic (exact) mass is 290 g/mol. The number of nitrogens with zero attached hydrogens (tertiary/aromatic N) is 3. The molecular formula is C17H30N4. The predicted molar refractivity (Wildman–Crippen MR) is 88.7 cm³/mol. The minimum absolute atomic E-state index is 0.438. The van der Waals surface area contributed by atoms with Crippen molar-refractivity contribution in [1.29, 1.82) is 0 Å². The molecule has 0 radical (unpaired) electrons. The van der Waals surface area contributed by atoms with Crippen LogP contribution in [0.15, 0.2) is 6.07 Å². The Hall–Kier alpha value is -1.16. The van der Waals surface area contributed by atoms with E-state index in [1.165, 1.54) is 32.1 Å². The SMILES string of the molecule is Cc1cc(C(C)C)nc(N(CCCN)C2CCCCC2)n1. The third-order valence-electron chi connectivity index (χ3n) is 4.33. The van der Waals surface area contributed by atoms with Gasteiger partial charge in [-0.3, -0.25) is 0 Å². The zero-order valence-corrected chi connectivity index (χ0v) is 13.8. The summed E-state index contributed by atoms with van der Waals surface area (Å²) < 4.78 is 0. The summed E-state index contributed by atoms with van der Waals surface area (Å²) in [6, 6.07) is 2.70. The maximum atomic E-state index is 5.72. The summed E-state index contributed by atoms with van der Waals surface area (Å²) in [6.45, 7) is 8.15. The van der Waals surface area contributed by atoms with Crippen molar-refractivity contribution in [1.82, 2.24) is 9.97 Å². The molecule has 118 valence electrons. The largest absolute Gasteiger partial charge is 0.338 e. The molecule has 1 aliphatic carbocycles. The van der Waals surface area contributed by atoms with E-state index in [0.717, 1.165) is 36.8 Å². The number of rotatable bonds is 6. The first-order chi connectivity index (χ1) is 10.1. The molecule has 0 bridgehead atoms. The number of aromatic nitrogens is 2. The van der Waals surface area contributed by atoms with Crippen LogP contribution in [0.3, 0.4) is 0 Å². The van der Waals surface area contributed by atoms with Crippen LogP contribution in [0.2, 0.25) is 0 Å². The Kier molecular flexibility index (Phi) is 5.97. The summed E-state index contributed by atoms with van der Waals surface area (Å²) in [5.74, 6) is 1.35. The van der Waals surface area contributed by atoms with E-state index < -0.39 is 0 Å². The molecule has 4 nitrogen and oxygen atoms in total. The molecule has 0 amide bonds. The predicted octanol–water partition coefficient (Wildman–Crippen LogP) is 3.40. The summed E-state index contributed by atoms with van der Waals surface area (Å²) >= 11 is 0. The van der Waals surface area contributed by atoms with Crippen molar-refractivity contribution >= 4 is 5.95 Å². The van der Waals surface area contributed by atoms with E-state index in [0.29, 0.717) is 12.0 Å². The Morgan fingerprint density at radius 1 is 1.24 bits per heavy atom. The molecule has 1 aromatic rings. The standard InChI is InChI=1S/C17H30N4/c1-13(2)16-12-14(3)19-17(20-16)21(11-7-10-18)15-8-5-4-6-9-15/h12-13,15H,4-11,18H2,1-3H3. The summed E-state index contributed by atoms with van der Waals surface area (Å²) in [7, 11) is 0. The zero-order valence-electron chi connectivity index (χ0n) is 13.8. The van der Waals surface area contributed by atoms with Gasteiger partial charge in [-0.15, -0.1) is 0 Å². The summed E-state index contributed by atoms with van der Waals surface area (Å²) in [5.41, 5.74) is 7.94. The Morgan fingerprint density at radius 2 is 1.95 bits per heavy atom. The average Bonchev–Trinajstić information content (AvgIpc) is 2.48. The van der Waals surface area contributed by atoms with Crippen molar-refractivity contribution in [2.75, 3.05) is 18.0 Å². The van der Waals surface area contributed by atoms with E-state index in [2.05, 4.69) is 31.7 Å². The number of aryl methyl sites for hydroxylation is 1. The number of hydrogen-bond donors (Lipinski definition) is 1. The lowest BCUT2D eigenvalue weighted by atomic mass is 9.94. The van der Waals surface area contributed by atoms with Gasteiger partial charge in [0.05, 0.1) is 0 Å². The van der Waals surface area contributed by atoms with Crippen LogP contribution < -0.4 is 10.6 Å². The molecule has 1 heterocycles. The highest BCUT2D eigenvalue weighted by Crippen LogP contribution is 2.26. The van der Waals surface area contributed by atoms with Crippen molar-refractivity contribution in [3.05, 3.63) is 17.5 Å². The molecule has 0 atom stereocenters. The van der Waals surface area contributed by atoms with Gasteiger partial charge < -0.3 is 10.6 Å². The van der Waals surface area contributed by atoms with Crippen molar-refractivity contribution < 1.29 is 0 Å². The average molecular weight is 290 g/mol. The molecule has 1 fully saturated rings. The molecule has 21 heavy (non-hydrogen) atoms. The highest BCUT2D eigenvalue weighted by atomic mass is 15.3. The van der Waals surface area contributed by atoms with Gasteiger partial charge in [-0.25, -0.2) is 9.97 Å². The molecule has 2 N–H and O–H groups in total. The molecule has 0 unspecified atom stereocenters. The smallest absolute Gasteiger partial charge is 0.226 e. The maximum absolute atomic E-state index is 5.72. The minimum Gasteiger partial charge on any atom is -0.338 e. The van der Waals surface area contributed by atoms with E-state index in [9.17, 15) is 0 Å². The second-order valence-corrected chi connectivity index (χ2v) is 6.52. The Balaban J connectivity index is 2.26. The van der Waals surface area contributed by atoms with Crippen LogP contribution >= 0.6 is 0 Å². The van der Waals surface area contributed by atoms with Gasteiger partial charge in [0.25, 0.3) is 0 Å². The first kappa shape index (κ1) is 16.2. The first-order valence-electron chi connectivity index (χ1n) is 8.44. The summed E-state index contributed by atoms with van der Waals surface area (Å²) in [6.07, 6.45) is 7.55. The van der Waals surface area contributed by atoms with E-state index in [1.54, 1.807) is 0 Å². The second-order valence-electron chi connectivity index (χ2n) is 6.52. The van der Waals surface area contributed by atoms with Gasteiger partial charge in [0.1, 0.15) is 0 Å². The Labute approximate surface area is 129 Å². The first-order valence-corrected chi connectivity index (χ1v) is 8.44. The van der Waals surface area contributed by atoms with Gasteiger partial charge >= 0.3 is 0 Å². The molecule has 1 aliphatic rings.